The molecule has 3 heteroatoms. The van der Waals surface area contributed by atoms with E-state index in [1.165, 1.54) is 50.5 Å². The van der Waals surface area contributed by atoms with Crippen LogP contribution < -0.4 is 5.73 Å². The quantitative estimate of drug-likeness (QED) is 0.815. The Hall–Kier alpha value is -0.830. The summed E-state index contributed by atoms with van der Waals surface area (Å²) in [5, 5.41) is 4.31. The summed E-state index contributed by atoms with van der Waals surface area (Å²) in [5.41, 5.74) is 7.59. The molecule has 1 aromatic rings. The first-order valence-corrected chi connectivity index (χ1v) is 7.55. The molecule has 0 aliphatic heterocycles. The van der Waals surface area contributed by atoms with E-state index >= 15 is 0 Å². The average molecular weight is 249 g/mol. The molecule has 0 aromatic carbocycles. The third-order valence-corrected chi connectivity index (χ3v) is 4.12. The molecule has 1 heterocycles. The molecule has 1 aliphatic carbocycles. The van der Waals surface area contributed by atoms with Gasteiger partial charge in [-0.2, -0.15) is 5.10 Å². The Kier molecular flexibility index (Phi) is 5.24. The lowest BCUT2D eigenvalue weighted by atomic mass is 9.91. The smallest absolute Gasteiger partial charge is 0.0522 e. The molecule has 0 radical (unpaired) electrons. The van der Waals surface area contributed by atoms with Crippen molar-refractivity contribution in [1.29, 1.82) is 0 Å². The molecule has 1 atom stereocenters. The van der Waals surface area contributed by atoms with Crippen LogP contribution >= 0.6 is 0 Å². The van der Waals surface area contributed by atoms with Gasteiger partial charge in [0.25, 0.3) is 0 Å². The van der Waals surface area contributed by atoms with Crippen LogP contribution in [0, 0.1) is 5.92 Å². The van der Waals surface area contributed by atoms with Crippen molar-refractivity contribution in [3.63, 3.8) is 0 Å². The van der Waals surface area contributed by atoms with Crippen molar-refractivity contribution in [3.05, 3.63) is 18.0 Å². The highest BCUT2D eigenvalue weighted by atomic mass is 15.3. The fraction of sp³-hybridized carbons (Fsp3) is 0.800. The van der Waals surface area contributed by atoms with Crippen LogP contribution in [0.3, 0.4) is 0 Å². The number of nitrogens with two attached hydrogens (primary N) is 1. The van der Waals surface area contributed by atoms with E-state index in [0.717, 1.165) is 18.9 Å². The van der Waals surface area contributed by atoms with Gasteiger partial charge in [-0.3, -0.25) is 4.68 Å². The van der Waals surface area contributed by atoms with Crippen LogP contribution in [0.5, 0.6) is 0 Å². The minimum Gasteiger partial charge on any atom is -0.327 e. The SMILES string of the molecule is CCn1cc(CC(N)CC2CCCCCC2)cn1. The third kappa shape index (κ3) is 4.13. The molecule has 1 aliphatic rings. The second-order valence-corrected chi connectivity index (χ2v) is 5.76. The molecule has 1 aromatic heterocycles. The van der Waals surface area contributed by atoms with Crippen molar-refractivity contribution in [2.45, 2.75) is 70.9 Å². The molecule has 0 spiro atoms. The van der Waals surface area contributed by atoms with E-state index in [-0.39, 0.29) is 0 Å². The summed E-state index contributed by atoms with van der Waals surface area (Å²) in [6.45, 7) is 3.06. The van der Waals surface area contributed by atoms with Crippen LogP contribution in [0.15, 0.2) is 12.4 Å². The monoisotopic (exact) mass is 249 g/mol. The van der Waals surface area contributed by atoms with Crippen molar-refractivity contribution in [1.82, 2.24) is 9.78 Å². The predicted octanol–water partition coefficient (Wildman–Crippen LogP) is 3.13. The summed E-state index contributed by atoms with van der Waals surface area (Å²) >= 11 is 0. The van der Waals surface area contributed by atoms with Crippen molar-refractivity contribution < 1.29 is 0 Å². The van der Waals surface area contributed by atoms with Gasteiger partial charge in [0, 0.05) is 18.8 Å². The number of rotatable bonds is 5. The molecule has 1 unspecified atom stereocenters. The summed E-state index contributed by atoms with van der Waals surface area (Å²) in [4.78, 5) is 0. The first-order chi connectivity index (χ1) is 8.78. The van der Waals surface area contributed by atoms with Crippen LogP contribution in [0.2, 0.25) is 0 Å². The molecule has 3 nitrogen and oxygen atoms in total. The van der Waals surface area contributed by atoms with Crippen LogP contribution in [0.1, 0.15) is 57.4 Å². The summed E-state index contributed by atoms with van der Waals surface area (Å²) < 4.78 is 1.98. The minimum absolute atomic E-state index is 0.308. The Labute approximate surface area is 111 Å². The fourth-order valence-electron chi connectivity index (χ4n) is 3.10. The summed E-state index contributed by atoms with van der Waals surface area (Å²) in [7, 11) is 0. The minimum atomic E-state index is 0.308. The maximum absolute atomic E-state index is 6.30. The van der Waals surface area contributed by atoms with Gasteiger partial charge in [-0.05, 0) is 31.2 Å². The standard InChI is InChI=1S/C15H27N3/c1-2-18-12-14(11-17-18)10-15(16)9-13-7-5-3-4-6-8-13/h11-13,15H,2-10,16H2,1H3. The van der Waals surface area contributed by atoms with Crippen LogP contribution in [-0.2, 0) is 13.0 Å². The van der Waals surface area contributed by atoms with Gasteiger partial charge in [0.1, 0.15) is 0 Å². The number of hydrogen-bond donors (Lipinski definition) is 1. The molecule has 2 N–H and O–H groups in total. The van der Waals surface area contributed by atoms with Crippen molar-refractivity contribution in [2.75, 3.05) is 0 Å². The maximum Gasteiger partial charge on any atom is 0.0522 e. The van der Waals surface area contributed by atoms with Gasteiger partial charge >= 0.3 is 0 Å². The lowest BCUT2D eigenvalue weighted by Crippen LogP contribution is -2.26. The highest BCUT2D eigenvalue weighted by molar-refractivity contribution is 5.06. The lowest BCUT2D eigenvalue weighted by molar-refractivity contribution is 0.387. The Morgan fingerprint density at radius 1 is 1.33 bits per heavy atom. The van der Waals surface area contributed by atoms with Crippen LogP contribution in [0.25, 0.3) is 0 Å². The second-order valence-electron chi connectivity index (χ2n) is 5.76. The molecule has 2 rings (SSSR count). The van der Waals surface area contributed by atoms with Gasteiger partial charge in [0.15, 0.2) is 0 Å². The summed E-state index contributed by atoms with van der Waals surface area (Å²) in [6, 6.07) is 0.308. The Balaban J connectivity index is 1.78. The Bertz CT molecular complexity index is 337. The van der Waals surface area contributed by atoms with E-state index < -0.39 is 0 Å². The third-order valence-electron chi connectivity index (χ3n) is 4.12. The van der Waals surface area contributed by atoms with Gasteiger partial charge in [0.05, 0.1) is 6.20 Å². The van der Waals surface area contributed by atoms with Gasteiger partial charge in [-0.1, -0.05) is 38.5 Å². The highest BCUT2D eigenvalue weighted by Crippen LogP contribution is 2.26. The summed E-state index contributed by atoms with van der Waals surface area (Å²) in [6.07, 6.45) is 14.7. The molecule has 0 bridgehead atoms. The average Bonchev–Trinajstić information content (AvgIpc) is 2.65. The molecule has 18 heavy (non-hydrogen) atoms. The number of hydrogen-bond acceptors (Lipinski definition) is 2. The van der Waals surface area contributed by atoms with Gasteiger partial charge in [0.2, 0.25) is 0 Å². The summed E-state index contributed by atoms with van der Waals surface area (Å²) in [5.74, 6) is 0.865. The zero-order valence-electron chi connectivity index (χ0n) is 11.6. The highest BCUT2D eigenvalue weighted by Gasteiger charge is 2.16. The number of nitrogens with zero attached hydrogens (tertiary/aromatic N) is 2. The molecule has 0 saturated heterocycles. The van der Waals surface area contributed by atoms with E-state index in [1.807, 2.05) is 10.9 Å². The molecule has 0 amide bonds. The second kappa shape index (κ2) is 6.93. The number of aromatic nitrogens is 2. The fourth-order valence-corrected chi connectivity index (χ4v) is 3.10. The molecule has 102 valence electrons. The van der Waals surface area contributed by atoms with Crippen LogP contribution in [-0.4, -0.2) is 15.8 Å². The van der Waals surface area contributed by atoms with Gasteiger partial charge in [-0.25, -0.2) is 0 Å². The van der Waals surface area contributed by atoms with E-state index in [9.17, 15) is 0 Å². The van der Waals surface area contributed by atoms with E-state index in [1.54, 1.807) is 0 Å². The van der Waals surface area contributed by atoms with E-state index in [2.05, 4.69) is 18.2 Å². The van der Waals surface area contributed by atoms with Gasteiger partial charge in [-0.15, -0.1) is 0 Å². The number of aryl methyl sites for hydroxylation is 1. The molecule has 1 saturated carbocycles. The zero-order chi connectivity index (χ0) is 12.8. The zero-order valence-corrected chi connectivity index (χ0v) is 11.6. The Morgan fingerprint density at radius 2 is 2.06 bits per heavy atom. The van der Waals surface area contributed by atoms with Crippen molar-refractivity contribution in [2.24, 2.45) is 11.7 Å². The molecule has 1 fully saturated rings. The van der Waals surface area contributed by atoms with E-state index in [4.69, 9.17) is 5.73 Å². The van der Waals surface area contributed by atoms with Gasteiger partial charge < -0.3 is 5.73 Å². The lowest BCUT2D eigenvalue weighted by Gasteiger charge is -2.18. The topological polar surface area (TPSA) is 43.8 Å². The first-order valence-electron chi connectivity index (χ1n) is 7.55. The first kappa shape index (κ1) is 13.6. The molecular formula is C15H27N3. The largest absolute Gasteiger partial charge is 0.327 e. The maximum atomic E-state index is 6.30. The van der Waals surface area contributed by atoms with E-state index in [0.29, 0.717) is 6.04 Å². The van der Waals surface area contributed by atoms with Crippen LogP contribution in [0.4, 0.5) is 0 Å². The van der Waals surface area contributed by atoms with Crippen molar-refractivity contribution in [3.8, 4) is 0 Å². The predicted molar refractivity (Wildman–Crippen MR) is 75.4 cm³/mol. The normalized spacial score (nSPS) is 19.7. The Morgan fingerprint density at radius 3 is 2.67 bits per heavy atom. The molecular weight excluding hydrogens is 222 g/mol. The van der Waals surface area contributed by atoms with Crippen molar-refractivity contribution >= 4 is 0 Å².